The standard InChI is InChI=1S/C24H24Cl2N2O5S/c1-16(17-7-12-22(32-2)23(13-17)33-3)27-24(29)15-28(20-6-4-5-19(26)14-20)34(30,31)21-10-8-18(25)9-11-21/h4-14,16H,15H2,1-3H3,(H,27,29). The number of hydrogen-bond acceptors (Lipinski definition) is 5. The Hall–Kier alpha value is -2.94. The third-order valence-electron chi connectivity index (χ3n) is 5.07. The molecule has 0 saturated carbocycles. The molecule has 1 amide bonds. The first kappa shape index (κ1) is 25.7. The molecule has 0 saturated heterocycles. The van der Waals surface area contributed by atoms with Crippen molar-refractivity contribution in [2.75, 3.05) is 25.1 Å². The molecule has 1 atom stereocenters. The molecule has 0 aromatic heterocycles. The van der Waals surface area contributed by atoms with Gasteiger partial charge in [0.2, 0.25) is 5.91 Å². The maximum atomic E-state index is 13.4. The summed E-state index contributed by atoms with van der Waals surface area (Å²) in [4.78, 5) is 13.0. The lowest BCUT2D eigenvalue weighted by Crippen LogP contribution is -2.41. The maximum absolute atomic E-state index is 13.4. The molecule has 7 nitrogen and oxygen atoms in total. The highest BCUT2D eigenvalue weighted by atomic mass is 35.5. The van der Waals surface area contributed by atoms with Crippen LogP contribution in [0.3, 0.4) is 0 Å². The van der Waals surface area contributed by atoms with Crippen molar-refractivity contribution in [3.05, 3.63) is 82.3 Å². The van der Waals surface area contributed by atoms with E-state index in [4.69, 9.17) is 32.7 Å². The molecule has 0 spiro atoms. The summed E-state index contributed by atoms with van der Waals surface area (Å²) in [6.45, 7) is 1.33. The van der Waals surface area contributed by atoms with E-state index in [1.807, 2.05) is 0 Å². The molecule has 1 N–H and O–H groups in total. The summed E-state index contributed by atoms with van der Waals surface area (Å²) in [6, 6.07) is 16.9. The maximum Gasteiger partial charge on any atom is 0.264 e. The summed E-state index contributed by atoms with van der Waals surface area (Å²) in [5, 5.41) is 3.58. The Morgan fingerprint density at radius 3 is 2.24 bits per heavy atom. The van der Waals surface area contributed by atoms with Gasteiger partial charge in [0.15, 0.2) is 11.5 Å². The van der Waals surface area contributed by atoms with Gasteiger partial charge in [-0.25, -0.2) is 8.42 Å². The fourth-order valence-corrected chi connectivity index (χ4v) is 5.03. The van der Waals surface area contributed by atoms with E-state index in [9.17, 15) is 13.2 Å². The van der Waals surface area contributed by atoms with Crippen molar-refractivity contribution in [1.82, 2.24) is 5.32 Å². The number of halogens is 2. The molecule has 0 aliphatic rings. The molecule has 3 aromatic rings. The molecular formula is C24H24Cl2N2O5S. The number of ether oxygens (including phenoxy) is 2. The molecule has 3 rings (SSSR count). The summed E-state index contributed by atoms with van der Waals surface area (Å²) in [5.41, 5.74) is 1.03. The quantitative estimate of drug-likeness (QED) is 0.423. The minimum absolute atomic E-state index is 0.00221. The second-order valence-electron chi connectivity index (χ2n) is 7.35. The van der Waals surface area contributed by atoms with Gasteiger partial charge < -0.3 is 14.8 Å². The Balaban J connectivity index is 1.88. The van der Waals surface area contributed by atoms with Gasteiger partial charge in [-0.3, -0.25) is 9.10 Å². The van der Waals surface area contributed by atoms with E-state index in [1.54, 1.807) is 43.3 Å². The van der Waals surface area contributed by atoms with Gasteiger partial charge in [-0.1, -0.05) is 35.3 Å². The number of carbonyl (C=O) groups excluding carboxylic acids is 1. The molecule has 180 valence electrons. The van der Waals surface area contributed by atoms with Crippen molar-refractivity contribution in [3.63, 3.8) is 0 Å². The zero-order chi connectivity index (χ0) is 24.9. The predicted molar refractivity (Wildman–Crippen MR) is 134 cm³/mol. The summed E-state index contributed by atoms with van der Waals surface area (Å²) in [7, 11) is -1.02. The summed E-state index contributed by atoms with van der Waals surface area (Å²) < 4.78 is 38.4. The van der Waals surface area contributed by atoms with Gasteiger partial charge >= 0.3 is 0 Å². The molecule has 0 aliphatic carbocycles. The molecular weight excluding hydrogens is 499 g/mol. The zero-order valence-electron chi connectivity index (χ0n) is 18.8. The Morgan fingerprint density at radius 2 is 1.62 bits per heavy atom. The number of methoxy groups -OCH3 is 2. The average molecular weight is 523 g/mol. The van der Waals surface area contributed by atoms with E-state index in [0.29, 0.717) is 21.5 Å². The number of sulfonamides is 1. The molecule has 0 aliphatic heterocycles. The Labute approximate surface area is 209 Å². The van der Waals surface area contributed by atoms with Crippen molar-refractivity contribution in [2.24, 2.45) is 0 Å². The van der Waals surface area contributed by atoms with E-state index >= 15 is 0 Å². The predicted octanol–water partition coefficient (Wildman–Crippen LogP) is 5.08. The van der Waals surface area contributed by atoms with Crippen molar-refractivity contribution in [3.8, 4) is 11.5 Å². The van der Waals surface area contributed by atoms with Gasteiger partial charge in [0.25, 0.3) is 10.0 Å². The smallest absolute Gasteiger partial charge is 0.264 e. The van der Waals surface area contributed by atoms with Crippen molar-refractivity contribution >= 4 is 44.8 Å². The highest BCUT2D eigenvalue weighted by Gasteiger charge is 2.28. The van der Waals surface area contributed by atoms with E-state index < -0.39 is 28.5 Å². The van der Waals surface area contributed by atoms with Crippen LogP contribution in [0.4, 0.5) is 5.69 Å². The van der Waals surface area contributed by atoms with Crippen LogP contribution in [0.5, 0.6) is 11.5 Å². The summed E-state index contributed by atoms with van der Waals surface area (Å²) in [5.74, 6) is 0.581. The van der Waals surface area contributed by atoms with Gasteiger partial charge in [-0.15, -0.1) is 0 Å². The molecule has 0 bridgehead atoms. The van der Waals surface area contributed by atoms with E-state index in [-0.39, 0.29) is 10.6 Å². The minimum atomic E-state index is -4.08. The Morgan fingerprint density at radius 1 is 0.941 bits per heavy atom. The lowest BCUT2D eigenvalue weighted by atomic mass is 10.1. The number of rotatable bonds is 9. The SMILES string of the molecule is COc1ccc(C(C)NC(=O)CN(c2cccc(Cl)c2)S(=O)(=O)c2ccc(Cl)cc2)cc1OC. The van der Waals surface area contributed by atoms with Crippen LogP contribution in [0.1, 0.15) is 18.5 Å². The third-order valence-corrected chi connectivity index (χ3v) is 7.35. The fraction of sp³-hybridized carbons (Fsp3) is 0.208. The van der Waals surface area contributed by atoms with Gasteiger partial charge in [0, 0.05) is 10.0 Å². The number of nitrogens with zero attached hydrogens (tertiary/aromatic N) is 1. The first-order valence-corrected chi connectivity index (χ1v) is 12.4. The molecule has 1 unspecified atom stereocenters. The van der Waals surface area contributed by atoms with E-state index in [2.05, 4.69) is 5.32 Å². The van der Waals surface area contributed by atoms with Crippen LogP contribution in [-0.4, -0.2) is 35.1 Å². The monoisotopic (exact) mass is 522 g/mol. The molecule has 10 heteroatoms. The van der Waals surface area contributed by atoms with Crippen molar-refractivity contribution < 1.29 is 22.7 Å². The molecule has 0 radical (unpaired) electrons. The van der Waals surface area contributed by atoms with Crippen LogP contribution in [0.25, 0.3) is 0 Å². The highest BCUT2D eigenvalue weighted by Crippen LogP contribution is 2.30. The van der Waals surface area contributed by atoms with Crippen molar-refractivity contribution in [1.29, 1.82) is 0 Å². The van der Waals surface area contributed by atoms with Crippen LogP contribution < -0.4 is 19.1 Å². The van der Waals surface area contributed by atoms with Gasteiger partial charge in [-0.2, -0.15) is 0 Å². The van der Waals surface area contributed by atoms with Crippen LogP contribution in [0.2, 0.25) is 10.0 Å². The summed E-state index contributed by atoms with van der Waals surface area (Å²) in [6.07, 6.45) is 0. The first-order valence-electron chi connectivity index (χ1n) is 10.2. The lowest BCUT2D eigenvalue weighted by Gasteiger charge is -2.25. The normalized spacial score (nSPS) is 12.0. The van der Waals surface area contributed by atoms with Crippen LogP contribution >= 0.6 is 23.2 Å². The number of hydrogen-bond donors (Lipinski definition) is 1. The third kappa shape index (κ3) is 5.94. The largest absolute Gasteiger partial charge is 0.493 e. The number of nitrogens with one attached hydrogen (secondary N) is 1. The number of benzene rings is 3. The number of anilines is 1. The zero-order valence-corrected chi connectivity index (χ0v) is 21.1. The lowest BCUT2D eigenvalue weighted by molar-refractivity contribution is -0.120. The fourth-order valence-electron chi connectivity index (χ4n) is 3.30. The molecule has 34 heavy (non-hydrogen) atoms. The molecule has 0 heterocycles. The van der Waals surface area contributed by atoms with Gasteiger partial charge in [0.1, 0.15) is 6.54 Å². The van der Waals surface area contributed by atoms with E-state index in [0.717, 1.165) is 9.87 Å². The van der Waals surface area contributed by atoms with Gasteiger partial charge in [-0.05, 0) is 67.1 Å². The second kappa shape index (κ2) is 11.0. The average Bonchev–Trinajstić information content (AvgIpc) is 2.82. The van der Waals surface area contributed by atoms with Crippen LogP contribution in [-0.2, 0) is 14.8 Å². The topological polar surface area (TPSA) is 84.9 Å². The molecule has 0 fully saturated rings. The highest BCUT2D eigenvalue weighted by molar-refractivity contribution is 7.92. The number of carbonyl (C=O) groups is 1. The van der Waals surface area contributed by atoms with Crippen molar-refractivity contribution in [2.45, 2.75) is 17.9 Å². The van der Waals surface area contributed by atoms with Crippen LogP contribution in [0.15, 0.2) is 71.6 Å². The first-order chi connectivity index (χ1) is 16.1. The van der Waals surface area contributed by atoms with E-state index in [1.165, 1.54) is 44.6 Å². The van der Waals surface area contributed by atoms with Crippen LogP contribution in [0, 0.1) is 0 Å². The van der Waals surface area contributed by atoms with Gasteiger partial charge in [0.05, 0.1) is 30.8 Å². The molecule has 3 aromatic carbocycles. The number of amides is 1. The second-order valence-corrected chi connectivity index (χ2v) is 10.1. The summed E-state index contributed by atoms with van der Waals surface area (Å²) >= 11 is 12.0. The minimum Gasteiger partial charge on any atom is -0.493 e. The Kier molecular flexibility index (Phi) is 8.30. The Bertz CT molecular complexity index is 1270.